The number of hydrogen-bond donors (Lipinski definition) is 1. The van der Waals surface area contributed by atoms with Crippen LogP contribution in [0.4, 0.5) is 13.2 Å². The van der Waals surface area contributed by atoms with E-state index >= 15 is 0 Å². The molecule has 13 heteroatoms. The summed E-state index contributed by atoms with van der Waals surface area (Å²) in [6.45, 7) is 1.46. The van der Waals surface area contributed by atoms with Crippen LogP contribution in [-0.2, 0) is 23.1 Å². The zero-order valence-electron chi connectivity index (χ0n) is 16.7. The van der Waals surface area contributed by atoms with Gasteiger partial charge in [0.15, 0.2) is 15.7 Å². The standard InChI is InChI=1S/C19H15F3N6O3S/c1-3-32(30,31)14-4-10(11-6-16(29)26-9-25-11)7-24-17(14)18-27-12-5-15(19(20,21)22)23-8-13(12)28(18)2/h4-9H,3H2,1-2H3,(H,25,26,29). The fraction of sp³-hybridized carbons (Fsp3) is 0.211. The summed E-state index contributed by atoms with van der Waals surface area (Å²) in [6, 6.07) is 3.38. The van der Waals surface area contributed by atoms with Gasteiger partial charge in [0.05, 0.1) is 33.6 Å². The predicted octanol–water partition coefficient (Wildman–Crippen LogP) is 3.01. The molecule has 0 amide bonds. The fourth-order valence-electron chi connectivity index (χ4n) is 3.11. The summed E-state index contributed by atoms with van der Waals surface area (Å²) in [5, 5.41) is 9.59. The van der Waals surface area contributed by atoms with Crippen LogP contribution in [0.1, 0.15) is 12.6 Å². The lowest BCUT2D eigenvalue weighted by atomic mass is 10.2. The van der Waals surface area contributed by atoms with E-state index in [4.69, 9.17) is 0 Å². The molecular formula is C19H15F3N6O3S. The lowest BCUT2D eigenvalue weighted by Crippen LogP contribution is -2.09. The average molecular weight is 464 g/mol. The maximum Gasteiger partial charge on any atom is 0.433 e. The van der Waals surface area contributed by atoms with E-state index in [1.165, 1.54) is 36.9 Å². The lowest BCUT2D eigenvalue weighted by molar-refractivity contribution is -0.141. The number of imidazole rings is 1. The minimum Gasteiger partial charge on any atom is -0.493 e. The smallest absolute Gasteiger partial charge is 0.433 e. The Morgan fingerprint density at radius 1 is 1.06 bits per heavy atom. The number of rotatable bonds is 4. The van der Waals surface area contributed by atoms with Crippen LogP contribution in [0, 0.1) is 0 Å². The molecule has 4 rings (SSSR count). The Morgan fingerprint density at radius 3 is 2.47 bits per heavy atom. The summed E-state index contributed by atoms with van der Waals surface area (Å²) in [5.41, 5.74) is -0.314. The molecule has 4 heterocycles. The molecule has 166 valence electrons. The van der Waals surface area contributed by atoms with E-state index in [2.05, 4.69) is 24.9 Å². The molecule has 0 aliphatic rings. The molecule has 0 bridgehead atoms. The first-order chi connectivity index (χ1) is 15.0. The second-order valence-corrected chi connectivity index (χ2v) is 9.03. The monoisotopic (exact) mass is 464 g/mol. The third-order valence-corrected chi connectivity index (χ3v) is 6.53. The van der Waals surface area contributed by atoms with Crippen molar-refractivity contribution in [3.8, 4) is 28.7 Å². The van der Waals surface area contributed by atoms with Gasteiger partial charge in [0.25, 0.3) is 0 Å². The highest BCUT2D eigenvalue weighted by atomic mass is 32.2. The van der Waals surface area contributed by atoms with Crippen LogP contribution in [0.3, 0.4) is 0 Å². The van der Waals surface area contributed by atoms with Gasteiger partial charge in [-0.05, 0) is 12.1 Å². The number of halogens is 3. The van der Waals surface area contributed by atoms with Crippen molar-refractivity contribution in [2.75, 3.05) is 5.75 Å². The van der Waals surface area contributed by atoms with Crippen LogP contribution in [-0.4, -0.2) is 48.8 Å². The van der Waals surface area contributed by atoms with Gasteiger partial charge >= 0.3 is 6.18 Å². The van der Waals surface area contributed by atoms with Gasteiger partial charge in [0.2, 0.25) is 5.88 Å². The number of sulfone groups is 1. The highest BCUT2D eigenvalue weighted by Crippen LogP contribution is 2.33. The lowest BCUT2D eigenvalue weighted by Gasteiger charge is -2.11. The topological polar surface area (TPSA) is 124 Å². The quantitative estimate of drug-likeness (QED) is 0.489. The number of fused-ring (bicyclic) bond motifs is 1. The van der Waals surface area contributed by atoms with Gasteiger partial charge in [0, 0.05) is 24.9 Å². The zero-order chi connectivity index (χ0) is 23.3. The molecule has 0 saturated carbocycles. The van der Waals surface area contributed by atoms with Crippen LogP contribution >= 0.6 is 0 Å². The van der Waals surface area contributed by atoms with Crippen LogP contribution in [0.2, 0.25) is 0 Å². The van der Waals surface area contributed by atoms with Crippen LogP contribution in [0.5, 0.6) is 5.88 Å². The number of hydrogen-bond acceptors (Lipinski definition) is 8. The Labute approximate surface area is 179 Å². The van der Waals surface area contributed by atoms with Gasteiger partial charge < -0.3 is 9.67 Å². The van der Waals surface area contributed by atoms with Gasteiger partial charge in [-0.1, -0.05) is 6.92 Å². The van der Waals surface area contributed by atoms with Gasteiger partial charge in [-0.25, -0.2) is 28.4 Å². The van der Waals surface area contributed by atoms with E-state index in [0.29, 0.717) is 5.56 Å². The van der Waals surface area contributed by atoms with Gasteiger partial charge in [-0.15, -0.1) is 0 Å². The summed E-state index contributed by atoms with van der Waals surface area (Å²) in [5.74, 6) is -0.489. The zero-order valence-corrected chi connectivity index (χ0v) is 17.5. The third kappa shape index (κ3) is 3.75. The van der Waals surface area contributed by atoms with E-state index in [1.807, 2.05) is 0 Å². The number of nitrogens with zero attached hydrogens (tertiary/aromatic N) is 6. The Hall–Kier alpha value is -3.61. The molecule has 0 spiro atoms. The number of alkyl halides is 3. The van der Waals surface area contributed by atoms with Crippen molar-refractivity contribution in [3.63, 3.8) is 0 Å². The molecule has 0 atom stereocenters. The highest BCUT2D eigenvalue weighted by molar-refractivity contribution is 7.91. The van der Waals surface area contributed by atoms with E-state index in [9.17, 15) is 26.7 Å². The van der Waals surface area contributed by atoms with E-state index in [-0.39, 0.29) is 44.8 Å². The Kier molecular flexibility index (Phi) is 5.07. The molecule has 0 aliphatic carbocycles. The van der Waals surface area contributed by atoms with Crippen molar-refractivity contribution in [1.29, 1.82) is 0 Å². The van der Waals surface area contributed by atoms with Gasteiger partial charge in [0.1, 0.15) is 17.7 Å². The maximum absolute atomic E-state index is 13.0. The summed E-state index contributed by atoms with van der Waals surface area (Å²) in [4.78, 5) is 19.3. The molecule has 0 unspecified atom stereocenters. The summed E-state index contributed by atoms with van der Waals surface area (Å²) >= 11 is 0. The first-order valence-corrected chi connectivity index (χ1v) is 10.8. The number of aromatic nitrogens is 6. The molecule has 0 radical (unpaired) electrons. The molecule has 4 aromatic heterocycles. The number of aromatic hydroxyl groups is 1. The minimum absolute atomic E-state index is 0.00345. The molecule has 0 aromatic carbocycles. The van der Waals surface area contributed by atoms with Crippen molar-refractivity contribution >= 4 is 20.9 Å². The highest BCUT2D eigenvalue weighted by Gasteiger charge is 2.33. The molecule has 32 heavy (non-hydrogen) atoms. The second-order valence-electron chi connectivity index (χ2n) is 6.79. The maximum atomic E-state index is 13.0. The van der Waals surface area contributed by atoms with Gasteiger partial charge in [-0.2, -0.15) is 13.2 Å². The second kappa shape index (κ2) is 7.51. The Bertz CT molecular complexity index is 1450. The van der Waals surface area contributed by atoms with Crippen molar-refractivity contribution < 1.29 is 26.7 Å². The van der Waals surface area contributed by atoms with E-state index in [1.54, 1.807) is 0 Å². The molecule has 9 nitrogen and oxygen atoms in total. The first kappa shape index (κ1) is 21.6. The number of pyridine rings is 2. The van der Waals surface area contributed by atoms with Gasteiger partial charge in [-0.3, -0.25) is 4.98 Å². The van der Waals surface area contributed by atoms with Crippen molar-refractivity contribution in [2.24, 2.45) is 7.05 Å². The first-order valence-electron chi connectivity index (χ1n) is 9.15. The Balaban J connectivity index is 1.95. The summed E-state index contributed by atoms with van der Waals surface area (Å²) in [6.07, 6.45) is -1.17. The third-order valence-electron chi connectivity index (χ3n) is 4.79. The molecular weight excluding hydrogens is 449 g/mol. The summed E-state index contributed by atoms with van der Waals surface area (Å²) < 4.78 is 66.2. The van der Waals surface area contributed by atoms with Crippen molar-refractivity contribution in [1.82, 2.24) is 29.5 Å². The SMILES string of the molecule is CCS(=O)(=O)c1cc(-c2cc(O)ncn2)cnc1-c1nc2cc(C(F)(F)F)ncc2n1C. The average Bonchev–Trinajstić information content (AvgIpc) is 3.08. The van der Waals surface area contributed by atoms with Crippen molar-refractivity contribution in [2.45, 2.75) is 18.0 Å². The van der Waals surface area contributed by atoms with E-state index < -0.39 is 21.7 Å². The number of aryl methyl sites for hydroxylation is 1. The summed E-state index contributed by atoms with van der Waals surface area (Å²) in [7, 11) is -2.29. The normalized spacial score (nSPS) is 12.4. The molecule has 0 aliphatic heterocycles. The Morgan fingerprint density at radius 2 is 1.81 bits per heavy atom. The molecule has 0 saturated heterocycles. The largest absolute Gasteiger partial charge is 0.493 e. The van der Waals surface area contributed by atoms with E-state index in [0.717, 1.165) is 18.6 Å². The van der Waals surface area contributed by atoms with Crippen LogP contribution < -0.4 is 0 Å². The van der Waals surface area contributed by atoms with Crippen LogP contribution in [0.15, 0.2) is 41.8 Å². The molecule has 0 fully saturated rings. The molecule has 1 N–H and O–H groups in total. The minimum atomic E-state index is -4.65. The predicted molar refractivity (Wildman–Crippen MR) is 107 cm³/mol. The fourth-order valence-corrected chi connectivity index (χ4v) is 4.16. The van der Waals surface area contributed by atoms with Crippen LogP contribution in [0.25, 0.3) is 33.8 Å². The van der Waals surface area contributed by atoms with Crippen molar-refractivity contribution in [3.05, 3.63) is 42.6 Å². The molecule has 4 aromatic rings.